The molecule has 10 heteroatoms. The molecule has 1 atom stereocenters. The average Bonchev–Trinajstić information content (AvgIpc) is 3.50. The van der Waals surface area contributed by atoms with Gasteiger partial charge in [-0.1, -0.05) is 66.7 Å². The normalized spacial score (nSPS) is 11.7. The van der Waals surface area contributed by atoms with Gasteiger partial charge in [-0.15, -0.1) is 5.10 Å². The molecular formula is C29H26N6O4. The third-order valence-electron chi connectivity index (χ3n) is 6.28. The quantitative estimate of drug-likeness (QED) is 0.324. The molecule has 0 aliphatic heterocycles. The maximum absolute atomic E-state index is 13.1. The lowest BCUT2D eigenvalue weighted by Gasteiger charge is -2.11. The van der Waals surface area contributed by atoms with Crippen LogP contribution in [0, 0.1) is 6.92 Å². The number of ether oxygens (including phenoxy) is 1. The Balaban J connectivity index is 1.37. The zero-order valence-corrected chi connectivity index (χ0v) is 21.6. The SMILES string of the molecule is Cc1c(NC(=O)C(C)OC(=O)c2nc(-c3ccccc3)n(-c3ccccc3)n2)c(=O)n(-c2ccccc2)n1C. The van der Waals surface area contributed by atoms with E-state index >= 15 is 0 Å². The first-order valence-corrected chi connectivity index (χ1v) is 12.3. The Morgan fingerprint density at radius 1 is 0.872 bits per heavy atom. The van der Waals surface area contributed by atoms with Crippen LogP contribution in [0.15, 0.2) is 95.8 Å². The second-order valence-corrected chi connectivity index (χ2v) is 8.85. The van der Waals surface area contributed by atoms with Crippen LogP contribution >= 0.6 is 0 Å². The second-order valence-electron chi connectivity index (χ2n) is 8.85. The highest BCUT2D eigenvalue weighted by Crippen LogP contribution is 2.21. The number of carbonyl (C=O) groups excluding carboxylic acids is 2. The third-order valence-corrected chi connectivity index (χ3v) is 6.28. The summed E-state index contributed by atoms with van der Waals surface area (Å²) in [4.78, 5) is 43.5. The van der Waals surface area contributed by atoms with Crippen molar-refractivity contribution >= 4 is 17.6 Å². The number of nitrogens with zero attached hydrogens (tertiary/aromatic N) is 5. The smallest absolute Gasteiger partial charge is 0.379 e. The first-order valence-electron chi connectivity index (χ1n) is 12.3. The molecule has 1 amide bonds. The standard InChI is InChI=1S/C29H26N6O4/c1-19-24(28(37)35(33(19)3)23-17-11-6-12-18-23)30-27(36)20(2)39-29(38)25-31-26(21-13-7-4-8-14-21)34(32-25)22-15-9-5-10-16-22/h4-18,20H,1-3H3,(H,30,36). The largest absolute Gasteiger partial charge is 0.447 e. The summed E-state index contributed by atoms with van der Waals surface area (Å²) < 4.78 is 10.1. The Kier molecular flexibility index (Phi) is 6.92. The summed E-state index contributed by atoms with van der Waals surface area (Å²) in [6.07, 6.45) is -1.22. The lowest BCUT2D eigenvalue weighted by Crippen LogP contribution is -2.32. The molecule has 0 aliphatic rings. The number of hydrogen-bond acceptors (Lipinski definition) is 6. The predicted octanol–water partition coefficient (Wildman–Crippen LogP) is 3.92. The molecule has 10 nitrogen and oxygen atoms in total. The molecule has 0 saturated carbocycles. The highest BCUT2D eigenvalue weighted by molar-refractivity contribution is 5.96. The number of anilines is 1. The fraction of sp³-hybridized carbons (Fsp3) is 0.138. The van der Waals surface area contributed by atoms with Crippen molar-refractivity contribution in [3.8, 4) is 22.8 Å². The van der Waals surface area contributed by atoms with Gasteiger partial charge in [0.1, 0.15) is 5.69 Å². The Labute approximate surface area is 224 Å². The topological polar surface area (TPSA) is 113 Å². The molecular weight excluding hydrogens is 496 g/mol. The molecule has 196 valence electrons. The Bertz CT molecular complexity index is 1630. The van der Waals surface area contributed by atoms with Gasteiger partial charge in [-0.25, -0.2) is 19.1 Å². The van der Waals surface area contributed by atoms with E-state index in [2.05, 4.69) is 15.4 Å². The van der Waals surface area contributed by atoms with Crippen molar-refractivity contribution in [1.82, 2.24) is 24.1 Å². The molecule has 5 aromatic rings. The van der Waals surface area contributed by atoms with Gasteiger partial charge in [-0.3, -0.25) is 14.3 Å². The van der Waals surface area contributed by atoms with Gasteiger partial charge in [0.15, 0.2) is 11.9 Å². The molecule has 5 rings (SSSR count). The van der Waals surface area contributed by atoms with Crippen LogP contribution < -0.4 is 10.9 Å². The van der Waals surface area contributed by atoms with Gasteiger partial charge in [-0.05, 0) is 38.1 Å². The summed E-state index contributed by atoms with van der Waals surface area (Å²) >= 11 is 0. The Hall–Kier alpha value is -5.25. The van der Waals surface area contributed by atoms with Crippen LogP contribution in [0.2, 0.25) is 0 Å². The zero-order chi connectivity index (χ0) is 27.5. The molecule has 1 unspecified atom stereocenters. The van der Waals surface area contributed by atoms with Crippen molar-refractivity contribution < 1.29 is 14.3 Å². The molecule has 0 aliphatic carbocycles. The van der Waals surface area contributed by atoms with Gasteiger partial charge in [0, 0.05) is 12.6 Å². The summed E-state index contributed by atoms with van der Waals surface area (Å²) in [6, 6.07) is 27.7. The number of para-hydroxylation sites is 2. The van der Waals surface area contributed by atoms with E-state index in [4.69, 9.17) is 4.74 Å². The van der Waals surface area contributed by atoms with Crippen molar-refractivity contribution in [1.29, 1.82) is 0 Å². The number of rotatable bonds is 7. The lowest BCUT2D eigenvalue weighted by atomic mass is 10.2. The third kappa shape index (κ3) is 4.99. The van der Waals surface area contributed by atoms with E-state index in [9.17, 15) is 14.4 Å². The minimum absolute atomic E-state index is 0.104. The van der Waals surface area contributed by atoms with Gasteiger partial charge in [0.2, 0.25) is 0 Å². The number of hydrogen-bond donors (Lipinski definition) is 1. The molecule has 1 N–H and O–H groups in total. The summed E-state index contributed by atoms with van der Waals surface area (Å²) in [7, 11) is 1.72. The second kappa shape index (κ2) is 10.6. The molecule has 2 aromatic heterocycles. The highest BCUT2D eigenvalue weighted by atomic mass is 16.5. The van der Waals surface area contributed by atoms with E-state index in [0.29, 0.717) is 22.9 Å². The van der Waals surface area contributed by atoms with Gasteiger partial charge in [0.25, 0.3) is 17.3 Å². The summed E-state index contributed by atoms with van der Waals surface area (Å²) in [5.74, 6) is -1.26. The minimum atomic E-state index is -1.22. The lowest BCUT2D eigenvalue weighted by molar-refractivity contribution is -0.123. The van der Waals surface area contributed by atoms with Crippen LogP contribution in [0.5, 0.6) is 0 Å². The van der Waals surface area contributed by atoms with Crippen molar-refractivity contribution in [3.63, 3.8) is 0 Å². The Morgan fingerprint density at radius 3 is 2.05 bits per heavy atom. The van der Waals surface area contributed by atoms with Crippen LogP contribution in [0.25, 0.3) is 22.8 Å². The van der Waals surface area contributed by atoms with Gasteiger partial charge in [0.05, 0.1) is 17.1 Å². The first-order chi connectivity index (χ1) is 18.8. The van der Waals surface area contributed by atoms with E-state index in [1.807, 2.05) is 78.9 Å². The van der Waals surface area contributed by atoms with E-state index < -0.39 is 23.5 Å². The molecule has 0 saturated heterocycles. The molecule has 39 heavy (non-hydrogen) atoms. The molecule has 0 bridgehead atoms. The number of carbonyl (C=O) groups is 2. The van der Waals surface area contributed by atoms with Gasteiger partial charge < -0.3 is 10.1 Å². The van der Waals surface area contributed by atoms with Crippen molar-refractivity contribution in [2.45, 2.75) is 20.0 Å². The molecule has 2 heterocycles. The predicted molar refractivity (Wildman–Crippen MR) is 146 cm³/mol. The first kappa shape index (κ1) is 25.4. The fourth-order valence-electron chi connectivity index (χ4n) is 4.13. The number of aromatic nitrogens is 5. The molecule has 0 spiro atoms. The van der Waals surface area contributed by atoms with Crippen LogP contribution in [-0.2, 0) is 16.6 Å². The summed E-state index contributed by atoms with van der Waals surface area (Å²) in [5.41, 5.74) is 2.38. The zero-order valence-electron chi connectivity index (χ0n) is 21.6. The maximum atomic E-state index is 13.1. The Morgan fingerprint density at radius 2 is 1.44 bits per heavy atom. The fourth-order valence-corrected chi connectivity index (χ4v) is 4.13. The van der Waals surface area contributed by atoms with Gasteiger partial charge >= 0.3 is 5.97 Å². The van der Waals surface area contributed by atoms with Crippen LogP contribution in [0.4, 0.5) is 5.69 Å². The maximum Gasteiger partial charge on any atom is 0.379 e. The van der Waals surface area contributed by atoms with E-state index in [1.54, 1.807) is 35.5 Å². The monoisotopic (exact) mass is 522 g/mol. The van der Waals surface area contributed by atoms with Crippen molar-refractivity contribution in [2.24, 2.45) is 7.05 Å². The van der Waals surface area contributed by atoms with E-state index in [-0.39, 0.29) is 11.5 Å². The molecule has 0 fully saturated rings. The summed E-state index contributed by atoms with van der Waals surface area (Å²) in [5, 5.41) is 6.99. The van der Waals surface area contributed by atoms with E-state index in [0.717, 1.165) is 5.56 Å². The average molecular weight is 523 g/mol. The summed E-state index contributed by atoms with van der Waals surface area (Å²) in [6.45, 7) is 3.14. The van der Waals surface area contributed by atoms with Crippen molar-refractivity contribution in [3.05, 3.63) is 113 Å². The van der Waals surface area contributed by atoms with Gasteiger partial charge in [-0.2, -0.15) is 0 Å². The van der Waals surface area contributed by atoms with Crippen molar-refractivity contribution in [2.75, 3.05) is 5.32 Å². The minimum Gasteiger partial charge on any atom is -0.447 e. The van der Waals surface area contributed by atoms with Crippen LogP contribution in [0.3, 0.4) is 0 Å². The molecule has 3 aromatic carbocycles. The number of esters is 1. The van der Waals surface area contributed by atoms with E-state index in [1.165, 1.54) is 11.6 Å². The van der Waals surface area contributed by atoms with Crippen LogP contribution in [0.1, 0.15) is 23.2 Å². The molecule has 0 radical (unpaired) electrons. The highest BCUT2D eigenvalue weighted by Gasteiger charge is 2.26. The number of amides is 1. The van der Waals surface area contributed by atoms with Crippen LogP contribution in [-0.4, -0.2) is 42.1 Å². The number of benzene rings is 3. The number of nitrogens with one attached hydrogen (secondary N) is 1.